The maximum Gasteiger partial charge on any atom is 0.261 e. The van der Waals surface area contributed by atoms with Gasteiger partial charge in [0, 0.05) is 37.0 Å². The lowest BCUT2D eigenvalue weighted by Gasteiger charge is -2.21. The number of hydrogen-bond donors (Lipinski definition) is 1. The van der Waals surface area contributed by atoms with E-state index in [1.807, 2.05) is 36.4 Å². The van der Waals surface area contributed by atoms with E-state index in [-0.39, 0.29) is 11.5 Å². The number of nitrogens with zero attached hydrogens (tertiary/aromatic N) is 3. The topological polar surface area (TPSA) is 68.9 Å². The number of rotatable bonds is 6. The van der Waals surface area contributed by atoms with Crippen LogP contribution in [0.5, 0.6) is 0 Å². The Kier molecular flexibility index (Phi) is 5.29. The van der Waals surface area contributed by atoms with Crippen molar-refractivity contribution in [3.63, 3.8) is 0 Å². The standard InChI is InChI=1S/C26H28N4O2/c1-17(2)11-14-27-23(31)13-16-29-22-10-6-4-7-18(22)19-12-15-30-25(24(19)29)28-21-9-5-3-8-20(21)26(30)32/h3-10,17H,11-16H2,1-2H3,(H,27,31). The maximum absolute atomic E-state index is 13.2. The summed E-state index contributed by atoms with van der Waals surface area (Å²) in [5, 5.41) is 4.86. The van der Waals surface area contributed by atoms with Gasteiger partial charge in [0.05, 0.1) is 16.6 Å². The van der Waals surface area contributed by atoms with Crippen molar-refractivity contribution in [3.05, 3.63) is 64.4 Å². The van der Waals surface area contributed by atoms with Crippen LogP contribution in [0.4, 0.5) is 0 Å². The third kappa shape index (κ3) is 3.49. The molecule has 0 fully saturated rings. The van der Waals surface area contributed by atoms with Crippen molar-refractivity contribution >= 4 is 27.7 Å². The van der Waals surface area contributed by atoms with Crippen LogP contribution in [-0.2, 0) is 24.3 Å². The Bertz CT molecular complexity index is 1380. The molecule has 0 unspecified atom stereocenters. The van der Waals surface area contributed by atoms with Crippen LogP contribution in [0.15, 0.2) is 53.3 Å². The molecule has 3 heterocycles. The number of carbonyl (C=O) groups excluding carboxylic acids is 1. The fraction of sp³-hybridized carbons (Fsp3) is 0.346. The maximum atomic E-state index is 13.2. The molecule has 6 heteroatoms. The molecule has 2 aromatic heterocycles. The van der Waals surface area contributed by atoms with Gasteiger partial charge in [0.1, 0.15) is 0 Å². The number of carbonyl (C=O) groups is 1. The molecule has 2 aromatic carbocycles. The zero-order chi connectivity index (χ0) is 22.2. The molecule has 32 heavy (non-hydrogen) atoms. The van der Waals surface area contributed by atoms with Crippen LogP contribution < -0.4 is 10.9 Å². The summed E-state index contributed by atoms with van der Waals surface area (Å²) in [7, 11) is 0. The van der Waals surface area contributed by atoms with E-state index in [2.05, 4.69) is 35.9 Å². The Morgan fingerprint density at radius 3 is 2.66 bits per heavy atom. The van der Waals surface area contributed by atoms with Gasteiger partial charge in [-0.25, -0.2) is 4.98 Å². The van der Waals surface area contributed by atoms with Crippen LogP contribution in [0, 0.1) is 5.92 Å². The summed E-state index contributed by atoms with van der Waals surface area (Å²) >= 11 is 0. The summed E-state index contributed by atoms with van der Waals surface area (Å²) in [6.07, 6.45) is 2.14. The summed E-state index contributed by atoms with van der Waals surface area (Å²) in [4.78, 5) is 30.6. The second kappa shape index (κ2) is 8.26. The van der Waals surface area contributed by atoms with Gasteiger partial charge in [0.2, 0.25) is 5.91 Å². The normalized spacial score (nSPS) is 12.8. The van der Waals surface area contributed by atoms with E-state index in [0.29, 0.717) is 48.7 Å². The molecular weight excluding hydrogens is 400 g/mol. The van der Waals surface area contributed by atoms with Gasteiger partial charge in [0.15, 0.2) is 5.82 Å². The molecule has 5 rings (SSSR count). The summed E-state index contributed by atoms with van der Waals surface area (Å²) in [6, 6.07) is 15.8. The predicted octanol–water partition coefficient (Wildman–Crippen LogP) is 4.13. The zero-order valence-electron chi connectivity index (χ0n) is 18.6. The van der Waals surface area contributed by atoms with Crippen LogP contribution in [0.25, 0.3) is 33.3 Å². The van der Waals surface area contributed by atoms with Crippen molar-refractivity contribution in [2.75, 3.05) is 6.54 Å². The molecule has 6 nitrogen and oxygen atoms in total. The van der Waals surface area contributed by atoms with E-state index >= 15 is 0 Å². The minimum Gasteiger partial charge on any atom is -0.356 e. The Labute approximate surface area is 186 Å². The molecule has 0 spiro atoms. The van der Waals surface area contributed by atoms with E-state index in [1.54, 1.807) is 4.57 Å². The van der Waals surface area contributed by atoms with E-state index in [0.717, 1.165) is 24.1 Å². The molecule has 1 aliphatic rings. The van der Waals surface area contributed by atoms with Gasteiger partial charge < -0.3 is 9.88 Å². The highest BCUT2D eigenvalue weighted by atomic mass is 16.1. The SMILES string of the molecule is CC(C)CCNC(=O)CCn1c2c(c3ccccc31)CCn1c-2nc2ccccc2c1=O. The second-order valence-electron chi connectivity index (χ2n) is 8.94. The van der Waals surface area contributed by atoms with Gasteiger partial charge in [-0.2, -0.15) is 0 Å². The average molecular weight is 429 g/mol. The summed E-state index contributed by atoms with van der Waals surface area (Å²) in [6.45, 7) is 6.17. The summed E-state index contributed by atoms with van der Waals surface area (Å²) in [5.41, 5.74) is 3.97. The summed E-state index contributed by atoms with van der Waals surface area (Å²) in [5.74, 6) is 1.31. The second-order valence-corrected chi connectivity index (χ2v) is 8.94. The highest BCUT2D eigenvalue weighted by Gasteiger charge is 2.27. The first-order chi connectivity index (χ1) is 15.5. The van der Waals surface area contributed by atoms with Gasteiger partial charge in [-0.05, 0) is 42.5 Å². The Morgan fingerprint density at radius 2 is 1.84 bits per heavy atom. The van der Waals surface area contributed by atoms with Gasteiger partial charge >= 0.3 is 0 Å². The minimum atomic E-state index is -0.000477. The molecule has 0 radical (unpaired) electrons. The average Bonchev–Trinajstić information content (AvgIpc) is 3.12. The van der Waals surface area contributed by atoms with E-state index in [4.69, 9.17) is 4.98 Å². The smallest absolute Gasteiger partial charge is 0.261 e. The predicted molar refractivity (Wildman–Crippen MR) is 128 cm³/mol. The lowest BCUT2D eigenvalue weighted by Crippen LogP contribution is -2.29. The number of fused-ring (bicyclic) bond motifs is 6. The van der Waals surface area contributed by atoms with Crippen molar-refractivity contribution in [2.45, 2.75) is 46.2 Å². The molecule has 0 aliphatic carbocycles. The molecule has 164 valence electrons. The van der Waals surface area contributed by atoms with Gasteiger partial charge in [0.25, 0.3) is 5.56 Å². The molecule has 0 bridgehead atoms. The number of amides is 1. The highest BCUT2D eigenvalue weighted by Crippen LogP contribution is 2.36. The fourth-order valence-electron chi connectivity index (χ4n) is 4.70. The number of nitrogens with one attached hydrogen (secondary N) is 1. The molecule has 0 atom stereocenters. The quantitative estimate of drug-likeness (QED) is 0.502. The molecule has 1 amide bonds. The van der Waals surface area contributed by atoms with E-state index in [1.165, 1.54) is 10.9 Å². The number of para-hydroxylation sites is 2. The van der Waals surface area contributed by atoms with Crippen molar-refractivity contribution in [1.29, 1.82) is 0 Å². The highest BCUT2D eigenvalue weighted by molar-refractivity contribution is 5.92. The van der Waals surface area contributed by atoms with Crippen molar-refractivity contribution < 1.29 is 4.79 Å². The summed E-state index contributed by atoms with van der Waals surface area (Å²) < 4.78 is 3.97. The Morgan fingerprint density at radius 1 is 1.09 bits per heavy atom. The van der Waals surface area contributed by atoms with Crippen molar-refractivity contribution in [2.24, 2.45) is 5.92 Å². The van der Waals surface area contributed by atoms with Crippen LogP contribution >= 0.6 is 0 Å². The van der Waals surface area contributed by atoms with Crippen molar-refractivity contribution in [3.8, 4) is 11.5 Å². The minimum absolute atomic E-state index is 0.000477. The van der Waals surface area contributed by atoms with Crippen LogP contribution in [0.1, 0.15) is 32.3 Å². The van der Waals surface area contributed by atoms with E-state index < -0.39 is 0 Å². The van der Waals surface area contributed by atoms with Gasteiger partial charge in [-0.1, -0.05) is 44.2 Å². The Balaban J connectivity index is 1.58. The first kappa shape index (κ1) is 20.5. The van der Waals surface area contributed by atoms with Crippen LogP contribution in [-0.4, -0.2) is 26.6 Å². The molecule has 0 saturated carbocycles. The first-order valence-corrected chi connectivity index (χ1v) is 11.4. The monoisotopic (exact) mass is 428 g/mol. The zero-order valence-corrected chi connectivity index (χ0v) is 18.6. The van der Waals surface area contributed by atoms with Gasteiger partial charge in [-0.15, -0.1) is 0 Å². The number of aromatic nitrogens is 3. The van der Waals surface area contributed by atoms with Crippen LogP contribution in [0.2, 0.25) is 0 Å². The number of benzene rings is 2. The first-order valence-electron chi connectivity index (χ1n) is 11.4. The Hall–Kier alpha value is -3.41. The van der Waals surface area contributed by atoms with Crippen molar-refractivity contribution in [1.82, 2.24) is 19.4 Å². The molecule has 1 N–H and O–H groups in total. The molecule has 0 saturated heterocycles. The third-order valence-electron chi connectivity index (χ3n) is 6.34. The number of aryl methyl sites for hydroxylation is 2. The fourth-order valence-corrected chi connectivity index (χ4v) is 4.70. The largest absolute Gasteiger partial charge is 0.356 e. The van der Waals surface area contributed by atoms with Gasteiger partial charge in [-0.3, -0.25) is 14.2 Å². The lowest BCUT2D eigenvalue weighted by atomic mass is 10.0. The van der Waals surface area contributed by atoms with E-state index in [9.17, 15) is 9.59 Å². The lowest BCUT2D eigenvalue weighted by molar-refractivity contribution is -0.121. The number of hydrogen-bond acceptors (Lipinski definition) is 3. The molecule has 1 aliphatic heterocycles. The molecule has 4 aromatic rings. The molecular formula is C26H28N4O2. The third-order valence-corrected chi connectivity index (χ3v) is 6.34. The van der Waals surface area contributed by atoms with Crippen LogP contribution in [0.3, 0.4) is 0 Å².